The van der Waals surface area contributed by atoms with Gasteiger partial charge in [-0.25, -0.2) is 8.78 Å². The third kappa shape index (κ3) is 5.06. The monoisotopic (exact) mass is 472 g/mol. The molecule has 0 N–H and O–H groups in total. The molecule has 180 valence electrons. The van der Waals surface area contributed by atoms with Gasteiger partial charge in [-0.1, -0.05) is 50.1 Å². The summed E-state index contributed by atoms with van der Waals surface area (Å²) < 4.78 is 68.6. The molecule has 3 aromatic carbocycles. The van der Waals surface area contributed by atoms with Crippen molar-refractivity contribution in [2.75, 3.05) is 6.61 Å². The van der Waals surface area contributed by atoms with Crippen molar-refractivity contribution in [3.05, 3.63) is 82.9 Å². The molecule has 0 spiro atoms. The van der Waals surface area contributed by atoms with Gasteiger partial charge in [0.15, 0.2) is 23.1 Å². The number of ether oxygens (including phenoxy) is 2. The van der Waals surface area contributed by atoms with Gasteiger partial charge in [0.05, 0.1) is 6.61 Å². The molecule has 0 atom stereocenters. The second-order valence-corrected chi connectivity index (χ2v) is 8.90. The quantitative estimate of drug-likeness (QED) is 0.323. The van der Waals surface area contributed by atoms with E-state index in [1.807, 2.05) is 0 Å². The Balaban J connectivity index is 1.44. The lowest BCUT2D eigenvalue weighted by Crippen LogP contribution is -2.13. The molecule has 2 nitrogen and oxygen atoms in total. The predicted octanol–water partition coefficient (Wildman–Crippen LogP) is 8.18. The molecule has 0 heterocycles. The standard InChI is InChI=1S/C28H28F4O2/c1-3-33-23-14-12-22(25(29)27(23)31)20-10-6-18(7-11-20)16-34-24-15-13-21(26(30)28(24)32)19-8-4-17(2)5-9-19/h6-7,10-15,17,19H,3-5,8-9,16H2,1-2H3. The van der Waals surface area contributed by atoms with E-state index >= 15 is 0 Å². The Morgan fingerprint density at radius 3 is 2.00 bits per heavy atom. The van der Waals surface area contributed by atoms with Gasteiger partial charge in [-0.2, -0.15) is 8.78 Å². The first-order valence-corrected chi connectivity index (χ1v) is 11.7. The minimum atomic E-state index is -1.03. The Hall–Kier alpha value is -3.02. The second kappa shape index (κ2) is 10.5. The van der Waals surface area contributed by atoms with Crippen LogP contribution in [0.2, 0.25) is 0 Å². The van der Waals surface area contributed by atoms with Crippen molar-refractivity contribution in [3.63, 3.8) is 0 Å². The number of hydrogen-bond acceptors (Lipinski definition) is 2. The summed E-state index contributed by atoms with van der Waals surface area (Å²) in [5.41, 5.74) is 1.69. The number of benzene rings is 3. The van der Waals surface area contributed by atoms with Crippen LogP contribution < -0.4 is 9.47 Å². The molecule has 1 saturated carbocycles. The lowest BCUT2D eigenvalue weighted by atomic mass is 9.79. The fourth-order valence-corrected chi connectivity index (χ4v) is 4.51. The molecular formula is C28H28F4O2. The number of halogens is 4. The molecule has 0 aliphatic heterocycles. The molecular weight excluding hydrogens is 444 g/mol. The summed E-state index contributed by atoms with van der Waals surface area (Å²) in [5.74, 6) is -3.43. The van der Waals surface area contributed by atoms with Gasteiger partial charge in [0.2, 0.25) is 11.6 Å². The summed E-state index contributed by atoms with van der Waals surface area (Å²) >= 11 is 0. The first kappa shape index (κ1) is 24.1. The second-order valence-electron chi connectivity index (χ2n) is 8.90. The molecule has 6 heteroatoms. The minimum Gasteiger partial charge on any atom is -0.491 e. The van der Waals surface area contributed by atoms with E-state index in [4.69, 9.17) is 9.47 Å². The molecule has 0 amide bonds. The third-order valence-electron chi connectivity index (χ3n) is 6.54. The van der Waals surface area contributed by atoms with E-state index < -0.39 is 23.3 Å². The molecule has 3 aromatic rings. The van der Waals surface area contributed by atoms with Crippen LogP contribution in [0, 0.1) is 29.2 Å². The van der Waals surface area contributed by atoms with Crippen LogP contribution in [0.15, 0.2) is 48.5 Å². The molecule has 1 aliphatic rings. The molecule has 1 fully saturated rings. The van der Waals surface area contributed by atoms with Crippen molar-refractivity contribution in [2.24, 2.45) is 5.92 Å². The van der Waals surface area contributed by atoms with Gasteiger partial charge >= 0.3 is 0 Å². The Bertz CT molecular complexity index is 1140. The maximum absolute atomic E-state index is 14.7. The molecule has 0 radical (unpaired) electrons. The van der Waals surface area contributed by atoms with E-state index in [9.17, 15) is 17.6 Å². The van der Waals surface area contributed by atoms with E-state index in [1.54, 1.807) is 37.3 Å². The zero-order valence-corrected chi connectivity index (χ0v) is 19.3. The van der Waals surface area contributed by atoms with Gasteiger partial charge in [-0.3, -0.25) is 0 Å². The topological polar surface area (TPSA) is 18.5 Å². The zero-order chi connectivity index (χ0) is 24.2. The molecule has 0 bridgehead atoms. The van der Waals surface area contributed by atoms with Crippen LogP contribution in [0.1, 0.15) is 56.6 Å². The van der Waals surface area contributed by atoms with Gasteiger partial charge < -0.3 is 9.47 Å². The van der Waals surface area contributed by atoms with E-state index in [2.05, 4.69) is 6.92 Å². The van der Waals surface area contributed by atoms with Gasteiger partial charge in [-0.15, -0.1) is 0 Å². The summed E-state index contributed by atoms with van der Waals surface area (Å²) in [6.45, 7) is 4.12. The Morgan fingerprint density at radius 1 is 0.706 bits per heavy atom. The highest BCUT2D eigenvalue weighted by Crippen LogP contribution is 2.38. The first-order valence-electron chi connectivity index (χ1n) is 11.7. The SMILES string of the molecule is CCOc1ccc(-c2ccc(COc3ccc(C4CCC(C)CC4)c(F)c3F)cc2)c(F)c1F. The van der Waals surface area contributed by atoms with E-state index in [1.165, 1.54) is 18.2 Å². The first-order chi connectivity index (χ1) is 16.4. The van der Waals surface area contributed by atoms with Crippen LogP contribution >= 0.6 is 0 Å². The molecule has 0 aromatic heterocycles. The average Bonchev–Trinajstić information content (AvgIpc) is 2.84. The largest absolute Gasteiger partial charge is 0.491 e. The van der Waals surface area contributed by atoms with E-state index in [0.717, 1.165) is 25.7 Å². The normalized spacial score (nSPS) is 18.1. The van der Waals surface area contributed by atoms with Crippen LogP contribution in [-0.4, -0.2) is 6.61 Å². The van der Waals surface area contributed by atoms with Crippen LogP contribution in [0.4, 0.5) is 17.6 Å². The maximum atomic E-state index is 14.7. The highest BCUT2D eigenvalue weighted by molar-refractivity contribution is 5.65. The number of hydrogen-bond donors (Lipinski definition) is 0. The van der Waals surface area contributed by atoms with Crippen LogP contribution in [-0.2, 0) is 6.61 Å². The van der Waals surface area contributed by atoms with E-state index in [-0.39, 0.29) is 36.2 Å². The van der Waals surface area contributed by atoms with Gasteiger partial charge in [0.1, 0.15) is 6.61 Å². The van der Waals surface area contributed by atoms with Crippen molar-refractivity contribution in [2.45, 2.75) is 52.1 Å². The van der Waals surface area contributed by atoms with Crippen molar-refractivity contribution in [1.82, 2.24) is 0 Å². The fraction of sp³-hybridized carbons (Fsp3) is 0.357. The highest BCUT2D eigenvalue weighted by Gasteiger charge is 2.25. The molecule has 0 unspecified atom stereocenters. The van der Waals surface area contributed by atoms with Gasteiger partial charge in [0, 0.05) is 5.56 Å². The number of rotatable bonds is 7. The summed E-state index contributed by atoms with van der Waals surface area (Å²) in [7, 11) is 0. The summed E-state index contributed by atoms with van der Waals surface area (Å²) in [6, 6.07) is 12.6. The lowest BCUT2D eigenvalue weighted by molar-refractivity contribution is 0.282. The maximum Gasteiger partial charge on any atom is 0.201 e. The fourth-order valence-electron chi connectivity index (χ4n) is 4.51. The summed E-state index contributed by atoms with van der Waals surface area (Å²) in [5, 5.41) is 0. The van der Waals surface area contributed by atoms with Crippen molar-refractivity contribution >= 4 is 0 Å². The average molecular weight is 473 g/mol. The predicted molar refractivity (Wildman–Crippen MR) is 124 cm³/mol. The van der Waals surface area contributed by atoms with E-state index in [0.29, 0.717) is 22.6 Å². The lowest BCUT2D eigenvalue weighted by Gasteiger charge is -2.27. The zero-order valence-electron chi connectivity index (χ0n) is 19.3. The summed E-state index contributed by atoms with van der Waals surface area (Å²) in [6.07, 6.45) is 3.77. The Morgan fingerprint density at radius 2 is 1.32 bits per heavy atom. The molecule has 0 saturated heterocycles. The minimum absolute atomic E-state index is 0.0110. The summed E-state index contributed by atoms with van der Waals surface area (Å²) in [4.78, 5) is 0. The van der Waals surface area contributed by atoms with Gasteiger partial charge in [-0.05, 0) is 66.5 Å². The highest BCUT2D eigenvalue weighted by atomic mass is 19.2. The Labute approximate surface area is 197 Å². The molecule has 4 rings (SSSR count). The molecule has 34 heavy (non-hydrogen) atoms. The van der Waals surface area contributed by atoms with Crippen molar-refractivity contribution in [1.29, 1.82) is 0 Å². The van der Waals surface area contributed by atoms with Crippen LogP contribution in [0.5, 0.6) is 11.5 Å². The van der Waals surface area contributed by atoms with Crippen molar-refractivity contribution < 1.29 is 27.0 Å². The molecule has 1 aliphatic carbocycles. The van der Waals surface area contributed by atoms with Crippen LogP contribution in [0.3, 0.4) is 0 Å². The van der Waals surface area contributed by atoms with Crippen LogP contribution in [0.25, 0.3) is 11.1 Å². The van der Waals surface area contributed by atoms with Crippen molar-refractivity contribution in [3.8, 4) is 22.6 Å². The van der Waals surface area contributed by atoms with Gasteiger partial charge in [0.25, 0.3) is 0 Å². The third-order valence-corrected chi connectivity index (χ3v) is 6.54. The smallest absolute Gasteiger partial charge is 0.201 e. The Kier molecular flexibility index (Phi) is 7.44.